The van der Waals surface area contributed by atoms with E-state index >= 15 is 0 Å². The standard InChI is InChI=1S/C58H36N2S/c1-3-14-38(15-4-1)54-53(57(42-16-5-2-6-17-42)61-58(54)51-36-43-18-7-8-20-44(43)46-21-10-12-24-49(46)51)39-27-25-37(26-28-39)45-32-33-50(48-23-11-9-22-47(45)48)52-34-31-41-30-29-40-19-13-35-59-55(40)56(41)60-52/h1-36H/i1D,2D,3D,4D,5D,6D,7D,8D,9D,10D,11D,12D,13D,14D,15D,16D,17D,18D,19D,20D,21D,22D,23D,24D,25D,26D,27D,28D,29D,30D,31D,32D,33D,34D,35D,36D. The molecule has 2 nitrogen and oxygen atoms in total. The van der Waals surface area contributed by atoms with Crippen LogP contribution in [0.25, 0.3) is 120 Å². The predicted molar refractivity (Wildman–Crippen MR) is 260 cm³/mol. The fraction of sp³-hybridized carbons (Fsp3) is 0. The van der Waals surface area contributed by atoms with Gasteiger partial charge in [-0.25, -0.2) is 4.98 Å². The van der Waals surface area contributed by atoms with Crippen molar-refractivity contribution in [2.75, 3.05) is 0 Å². The number of hydrogen-bond donors (Lipinski definition) is 0. The Kier molecular flexibility index (Phi) is 3.45. The van der Waals surface area contributed by atoms with Gasteiger partial charge in [0.2, 0.25) is 0 Å². The van der Waals surface area contributed by atoms with Crippen LogP contribution >= 0.6 is 11.3 Å². The lowest BCUT2D eigenvalue weighted by Gasteiger charge is -2.15. The van der Waals surface area contributed by atoms with Crippen LogP contribution in [0.5, 0.6) is 0 Å². The zero-order valence-corrected chi connectivity index (χ0v) is 31.1. The molecule has 0 atom stereocenters. The van der Waals surface area contributed by atoms with Gasteiger partial charge in [0, 0.05) is 49.0 Å². The summed E-state index contributed by atoms with van der Waals surface area (Å²) >= 11 is 0.213. The van der Waals surface area contributed by atoms with Crippen LogP contribution in [0.4, 0.5) is 0 Å². The number of pyridine rings is 2. The zero-order chi connectivity index (χ0) is 71.6. The van der Waals surface area contributed by atoms with E-state index in [1.807, 2.05) is 0 Å². The Morgan fingerprint density at radius 3 is 1.62 bits per heavy atom. The van der Waals surface area contributed by atoms with Crippen molar-refractivity contribution in [1.29, 1.82) is 0 Å². The van der Waals surface area contributed by atoms with Gasteiger partial charge in [0.1, 0.15) is 0 Å². The Hall–Kier alpha value is -7.72. The number of benzene rings is 9. The molecule has 0 amide bonds. The topological polar surface area (TPSA) is 25.8 Å². The molecule has 0 aliphatic carbocycles. The van der Waals surface area contributed by atoms with Gasteiger partial charge in [-0.2, -0.15) is 0 Å². The average Bonchev–Trinajstić information content (AvgIpc) is 1.69. The first-order valence-corrected chi connectivity index (χ1v) is 18.6. The van der Waals surface area contributed by atoms with Gasteiger partial charge in [0.15, 0.2) is 0 Å². The smallest absolute Gasteiger partial charge is 0.0972 e. The Labute approximate surface area is 408 Å². The third-order valence-corrected chi connectivity index (χ3v) is 10.8. The molecule has 0 radical (unpaired) electrons. The van der Waals surface area contributed by atoms with Gasteiger partial charge < -0.3 is 0 Å². The lowest BCUT2D eigenvalue weighted by molar-refractivity contribution is 1.37. The molecule has 284 valence electrons. The van der Waals surface area contributed by atoms with Crippen molar-refractivity contribution >= 4 is 65.5 Å². The third kappa shape index (κ3) is 5.93. The highest BCUT2D eigenvalue weighted by atomic mass is 32.1. The predicted octanol–water partition coefficient (Wildman–Crippen LogP) is 16.3. The molecule has 61 heavy (non-hydrogen) atoms. The van der Waals surface area contributed by atoms with E-state index in [9.17, 15) is 21.9 Å². The number of rotatable bonds is 6. The molecule has 0 aliphatic rings. The Bertz CT molecular complexity index is 5700. The van der Waals surface area contributed by atoms with Crippen molar-refractivity contribution in [1.82, 2.24) is 9.97 Å². The molecule has 0 fully saturated rings. The van der Waals surface area contributed by atoms with Crippen LogP contribution in [-0.2, 0) is 0 Å². The zero-order valence-electron chi connectivity index (χ0n) is 66.3. The monoisotopic (exact) mass is 828 g/mol. The largest absolute Gasteiger partial charge is 0.254 e. The molecule has 3 heteroatoms. The molecule has 0 saturated carbocycles. The second-order valence-electron chi connectivity index (χ2n) is 12.9. The quantitative estimate of drug-likeness (QED) is 0.156. The molecular formula is C58H36N2S. The molecule has 3 heterocycles. The third-order valence-electron chi connectivity index (χ3n) is 9.55. The van der Waals surface area contributed by atoms with Crippen LogP contribution in [0.1, 0.15) is 49.3 Å². The second-order valence-corrected chi connectivity index (χ2v) is 13.9. The molecular weight excluding hydrogens is 757 g/mol. The summed E-state index contributed by atoms with van der Waals surface area (Å²) in [5.74, 6) is 0. The molecule has 0 saturated heterocycles. The highest BCUT2D eigenvalue weighted by Crippen LogP contribution is 2.54. The van der Waals surface area contributed by atoms with Crippen molar-refractivity contribution in [3.8, 4) is 65.5 Å². The maximum absolute atomic E-state index is 10.1. The minimum Gasteiger partial charge on any atom is -0.254 e. The summed E-state index contributed by atoms with van der Waals surface area (Å²) in [5.41, 5.74) is -10.1. The van der Waals surface area contributed by atoms with Crippen molar-refractivity contribution in [3.63, 3.8) is 0 Å². The van der Waals surface area contributed by atoms with Gasteiger partial charge in [-0.05, 0) is 78.3 Å². The van der Waals surface area contributed by atoms with Crippen LogP contribution in [0.3, 0.4) is 0 Å². The second kappa shape index (κ2) is 14.5. The fourth-order valence-electron chi connectivity index (χ4n) is 6.94. The Morgan fingerprint density at radius 2 is 0.869 bits per heavy atom. The molecule has 9 aromatic carbocycles. The van der Waals surface area contributed by atoms with Crippen LogP contribution in [0, 0.1) is 0 Å². The first-order valence-electron chi connectivity index (χ1n) is 35.8. The summed E-state index contributed by atoms with van der Waals surface area (Å²) in [4.78, 5) is 7.02. The fourth-order valence-corrected chi connectivity index (χ4v) is 8.21. The van der Waals surface area contributed by atoms with E-state index in [0.29, 0.717) is 0 Å². The normalized spacial score (nSPS) is 19.9. The van der Waals surface area contributed by atoms with Crippen LogP contribution in [0.15, 0.2) is 218 Å². The maximum Gasteiger partial charge on any atom is 0.0972 e. The number of nitrogens with zero attached hydrogens (tertiary/aromatic N) is 2. The number of fused-ring (bicyclic) bond motifs is 7. The van der Waals surface area contributed by atoms with Crippen LogP contribution < -0.4 is 0 Å². The van der Waals surface area contributed by atoms with Gasteiger partial charge >= 0.3 is 0 Å². The van der Waals surface area contributed by atoms with Gasteiger partial charge in [-0.3, -0.25) is 4.98 Å². The lowest BCUT2D eigenvalue weighted by atomic mass is 9.88. The lowest BCUT2D eigenvalue weighted by Crippen LogP contribution is -1.91. The first-order chi connectivity index (χ1) is 45.2. The van der Waals surface area contributed by atoms with Gasteiger partial charge in [0.05, 0.1) is 66.1 Å². The van der Waals surface area contributed by atoms with E-state index in [0.717, 1.165) is 0 Å². The summed E-state index contributed by atoms with van der Waals surface area (Å²) in [6.45, 7) is 0. The molecule has 0 aliphatic heterocycles. The van der Waals surface area contributed by atoms with E-state index in [1.165, 1.54) is 0 Å². The van der Waals surface area contributed by atoms with E-state index in [1.54, 1.807) is 0 Å². The molecule has 12 rings (SSSR count). The van der Waals surface area contributed by atoms with Crippen molar-refractivity contribution in [3.05, 3.63) is 218 Å². The van der Waals surface area contributed by atoms with E-state index < -0.39 is 337 Å². The first kappa shape index (κ1) is 14.5. The average molecular weight is 829 g/mol. The van der Waals surface area contributed by atoms with Crippen molar-refractivity contribution in [2.24, 2.45) is 0 Å². The summed E-state index contributed by atoms with van der Waals surface area (Å²) in [7, 11) is 0. The molecule has 0 spiro atoms. The van der Waals surface area contributed by atoms with Gasteiger partial charge in [-0.1, -0.05) is 193 Å². The Balaban J connectivity index is 1.30. The van der Waals surface area contributed by atoms with Crippen LogP contribution in [-0.4, -0.2) is 9.97 Å². The van der Waals surface area contributed by atoms with Crippen molar-refractivity contribution < 1.29 is 49.3 Å². The summed E-state index contributed by atoms with van der Waals surface area (Å²) in [6, 6.07) is -36.0. The molecule has 0 bridgehead atoms. The summed E-state index contributed by atoms with van der Waals surface area (Å²) < 4.78 is 330. The van der Waals surface area contributed by atoms with E-state index in [-0.39, 0.29) is 11.3 Å². The summed E-state index contributed by atoms with van der Waals surface area (Å²) in [6.07, 6.45) is -0.819. The number of aromatic nitrogens is 2. The SMILES string of the molecule is [2H]c1nc2c(c([2H])c1[2H])c([2H])c([2H])c1c([2H])c([2H])c(-c3c([2H])c([2H])c(-c4c([2H])c([2H])c(-c5c(-c6c([2H])c([2H])c([2H])c([2H])c6[2H])sc(-c6c([2H])c7c([2H])c([2H])c([2H])c([2H])c7c7c([2H])c([2H])c([2H])c([2H])c67)c5-c5c([2H])c([2H])c([2H])c([2H])c5[2H])c([2H])c4[2H])c4c([2H])c([2H])c([2H])c([2H])c34)nc12. The minimum absolute atomic E-state index is 0.213. The van der Waals surface area contributed by atoms with Gasteiger partial charge in [0.25, 0.3) is 0 Å². The van der Waals surface area contributed by atoms with Crippen molar-refractivity contribution in [2.45, 2.75) is 0 Å². The van der Waals surface area contributed by atoms with Crippen LogP contribution in [0.2, 0.25) is 0 Å². The minimum atomic E-state index is -1.29. The maximum atomic E-state index is 10.1. The molecule has 3 aromatic heterocycles. The van der Waals surface area contributed by atoms with E-state index in [2.05, 4.69) is 9.97 Å². The summed E-state index contributed by atoms with van der Waals surface area (Å²) in [5, 5.41) is -5.44. The van der Waals surface area contributed by atoms with E-state index in [4.69, 9.17) is 27.4 Å². The molecule has 0 unspecified atom stereocenters. The van der Waals surface area contributed by atoms with Gasteiger partial charge in [-0.15, -0.1) is 11.3 Å². The molecule has 0 N–H and O–H groups in total. The highest BCUT2D eigenvalue weighted by Gasteiger charge is 2.25. The number of hydrogen-bond acceptors (Lipinski definition) is 3. The number of thiophene rings is 1. The highest BCUT2D eigenvalue weighted by molar-refractivity contribution is 7.20. The Morgan fingerprint density at radius 1 is 0.344 bits per heavy atom. The molecule has 12 aromatic rings.